The quantitative estimate of drug-likeness (QED) is 0.159. The highest BCUT2D eigenvalue weighted by Crippen LogP contribution is 2.56. The van der Waals surface area contributed by atoms with Crippen molar-refractivity contribution in [3.63, 3.8) is 0 Å². The van der Waals surface area contributed by atoms with Crippen molar-refractivity contribution in [1.82, 2.24) is 0 Å². The second-order valence-corrected chi connectivity index (χ2v) is 29.2. The van der Waals surface area contributed by atoms with Crippen molar-refractivity contribution in [3.8, 4) is 0 Å². The van der Waals surface area contributed by atoms with Crippen molar-refractivity contribution in [2.24, 2.45) is 0 Å². The van der Waals surface area contributed by atoms with Gasteiger partial charge < -0.3 is 14.7 Å². The molecule has 3 nitrogen and oxygen atoms in total. The number of anilines is 9. The molecule has 0 saturated carbocycles. The van der Waals surface area contributed by atoms with Gasteiger partial charge in [0.1, 0.15) is 0 Å². The van der Waals surface area contributed by atoms with Gasteiger partial charge in [0.15, 0.2) is 0 Å². The van der Waals surface area contributed by atoms with Crippen LogP contribution in [-0.2, 0) is 32.5 Å². The molecule has 0 spiro atoms. The van der Waals surface area contributed by atoms with Crippen molar-refractivity contribution in [2.75, 3.05) is 14.7 Å². The Balaban J connectivity index is 1.18. The molecule has 3 heterocycles. The van der Waals surface area contributed by atoms with Gasteiger partial charge in [0.2, 0.25) is 0 Å². The van der Waals surface area contributed by atoms with E-state index in [1.54, 1.807) is 0 Å². The maximum Gasteiger partial charge on any atom is 0.252 e. The minimum Gasteiger partial charge on any atom is -0.311 e. The molecular weight excluding hydrogens is 950 g/mol. The molecule has 1 aromatic heterocycles. The summed E-state index contributed by atoms with van der Waals surface area (Å²) in [6.45, 7) is 36.4. The zero-order chi connectivity index (χ0) is 54.1. The summed E-state index contributed by atoms with van der Waals surface area (Å²) in [4.78, 5) is 7.90. The van der Waals surface area contributed by atoms with Crippen LogP contribution in [0.5, 0.6) is 0 Å². The van der Waals surface area contributed by atoms with Crippen LogP contribution in [0.2, 0.25) is 0 Å². The summed E-state index contributed by atoms with van der Waals surface area (Å²) in [6.07, 6.45) is 3.46. The highest BCUT2D eigenvalue weighted by atomic mass is 32.1. The molecular formula is C72H76BN3S. The molecule has 2 aliphatic heterocycles. The lowest BCUT2D eigenvalue weighted by Crippen LogP contribution is -2.61. The lowest BCUT2D eigenvalue weighted by molar-refractivity contribution is 0.332. The van der Waals surface area contributed by atoms with Crippen LogP contribution in [0.25, 0.3) is 20.2 Å². The Hall–Kier alpha value is -6.56. The van der Waals surface area contributed by atoms with E-state index in [4.69, 9.17) is 0 Å². The normalized spacial score (nSPS) is 17.5. The largest absolute Gasteiger partial charge is 0.311 e. The number of fused-ring (bicyclic) bond motifs is 9. The van der Waals surface area contributed by atoms with Gasteiger partial charge >= 0.3 is 0 Å². The average Bonchev–Trinajstić information content (AvgIpc) is 4.02. The first kappa shape index (κ1) is 50.0. The van der Waals surface area contributed by atoms with Crippen molar-refractivity contribution in [3.05, 3.63) is 191 Å². The summed E-state index contributed by atoms with van der Waals surface area (Å²) in [5.74, 6) is 0. The van der Waals surface area contributed by atoms with Gasteiger partial charge in [0.05, 0.1) is 5.69 Å². The van der Waals surface area contributed by atoms with E-state index in [-0.39, 0.29) is 39.2 Å². The van der Waals surface area contributed by atoms with Crippen molar-refractivity contribution >= 4 is 106 Å². The van der Waals surface area contributed by atoms with Crippen molar-refractivity contribution in [1.29, 1.82) is 0 Å². The predicted octanol–water partition coefficient (Wildman–Crippen LogP) is 18.8. The number of hydrogen-bond donors (Lipinski definition) is 0. The number of aryl methyl sites for hydroxylation is 1. The Morgan fingerprint density at radius 1 is 0.442 bits per heavy atom. The van der Waals surface area contributed by atoms with Gasteiger partial charge in [0.25, 0.3) is 6.71 Å². The lowest BCUT2D eigenvalue weighted by Gasteiger charge is -2.47. The van der Waals surface area contributed by atoms with Gasteiger partial charge in [-0.15, -0.1) is 11.3 Å². The summed E-state index contributed by atoms with van der Waals surface area (Å²) in [6, 6.07) is 59.4. The molecule has 4 aliphatic rings. The molecule has 388 valence electrons. The van der Waals surface area contributed by atoms with Crippen LogP contribution < -0.4 is 31.1 Å². The molecule has 0 radical (unpaired) electrons. The summed E-state index contributed by atoms with van der Waals surface area (Å²) < 4.78 is 2.64. The van der Waals surface area contributed by atoms with Gasteiger partial charge in [-0.3, -0.25) is 0 Å². The molecule has 0 unspecified atom stereocenters. The number of nitrogens with zero attached hydrogens (tertiary/aromatic N) is 3. The van der Waals surface area contributed by atoms with Gasteiger partial charge in [-0.2, -0.15) is 0 Å². The minimum atomic E-state index is -0.163. The molecule has 2 aliphatic carbocycles. The minimum absolute atomic E-state index is 0.0109. The summed E-state index contributed by atoms with van der Waals surface area (Å²) in [7, 11) is 0. The summed E-state index contributed by atoms with van der Waals surface area (Å²) in [5.41, 5.74) is 25.2. The highest BCUT2D eigenvalue weighted by Gasteiger charge is 2.49. The second-order valence-electron chi connectivity index (χ2n) is 28.1. The van der Waals surface area contributed by atoms with E-state index in [1.807, 2.05) is 11.3 Å². The highest BCUT2D eigenvalue weighted by molar-refractivity contribution is 7.26. The Kier molecular flexibility index (Phi) is 10.9. The van der Waals surface area contributed by atoms with E-state index in [9.17, 15) is 0 Å². The van der Waals surface area contributed by atoms with Crippen LogP contribution in [0.4, 0.5) is 51.2 Å². The first-order chi connectivity index (χ1) is 36.3. The van der Waals surface area contributed by atoms with Crippen LogP contribution in [0.15, 0.2) is 152 Å². The van der Waals surface area contributed by atoms with Gasteiger partial charge in [0, 0.05) is 65.7 Å². The Bertz CT molecular complexity index is 3860. The number of rotatable bonds is 5. The standard InChI is InChI=1S/C72H76BN3S/c1-44-35-51-53(70(10,11)34-33-69(51,8)9)41-58(44)76-60-42-54-52(71(12,13)43-72(54,14)15)40-56(60)73-55-32-30-49(74(47-23-18-16-19-24-47)48-25-20-17-21-26-48)39-59(55)75(61-36-46(68(5,6)7)37-62(76)66(61)73)57-27-22-28-63-65(57)50-31-29-45(67(2,3)4)38-64(50)77-63/h16-32,35-42H,33-34,43H2,1-15H3. The van der Waals surface area contributed by atoms with E-state index < -0.39 is 0 Å². The Morgan fingerprint density at radius 2 is 0.987 bits per heavy atom. The molecule has 5 heteroatoms. The van der Waals surface area contributed by atoms with E-state index in [0.717, 1.165) is 23.5 Å². The molecule has 0 fully saturated rings. The SMILES string of the molecule is Cc1cc2c(cc1N1c3cc4c(cc3B3c5ccc(N(c6ccccc6)c6ccccc6)cc5N(c5cccc6sc7cc(C(C)(C)C)ccc7c56)c5cc(C(C)(C)C)cc1c53)C(C)(C)CC4(C)C)C(C)(C)CCC2(C)C. The van der Waals surface area contributed by atoms with Crippen LogP contribution in [0.1, 0.15) is 155 Å². The van der Waals surface area contributed by atoms with Gasteiger partial charge in [-0.1, -0.05) is 170 Å². The molecule has 0 bridgehead atoms. The summed E-state index contributed by atoms with van der Waals surface area (Å²) in [5, 5.41) is 2.62. The molecule has 0 saturated heterocycles. The first-order valence-corrected chi connectivity index (χ1v) is 29.3. The van der Waals surface area contributed by atoms with E-state index in [1.165, 1.54) is 122 Å². The monoisotopic (exact) mass is 1030 g/mol. The topological polar surface area (TPSA) is 9.72 Å². The predicted molar refractivity (Wildman–Crippen MR) is 336 cm³/mol. The second kappa shape index (κ2) is 16.7. The molecule has 77 heavy (non-hydrogen) atoms. The van der Waals surface area contributed by atoms with Gasteiger partial charge in [-0.25, -0.2) is 0 Å². The maximum absolute atomic E-state index is 2.76. The van der Waals surface area contributed by atoms with E-state index >= 15 is 0 Å². The molecule has 0 N–H and O–H groups in total. The van der Waals surface area contributed by atoms with E-state index in [2.05, 4.69) is 270 Å². The third-order valence-corrected chi connectivity index (χ3v) is 19.8. The van der Waals surface area contributed by atoms with E-state index in [0.29, 0.717) is 0 Å². The van der Waals surface area contributed by atoms with Crippen LogP contribution in [-0.4, -0.2) is 6.71 Å². The fourth-order valence-corrected chi connectivity index (χ4v) is 15.7. The molecule has 9 aromatic rings. The van der Waals surface area contributed by atoms with Crippen LogP contribution in [0, 0.1) is 6.92 Å². The maximum atomic E-state index is 2.76. The fraction of sp³-hybridized carbons (Fsp3) is 0.333. The molecule has 0 atom stereocenters. The number of thiophene rings is 1. The van der Waals surface area contributed by atoms with Crippen LogP contribution in [0.3, 0.4) is 0 Å². The first-order valence-electron chi connectivity index (χ1n) is 28.5. The number of benzene rings is 8. The van der Waals surface area contributed by atoms with Crippen LogP contribution >= 0.6 is 11.3 Å². The Labute approximate surface area is 464 Å². The smallest absolute Gasteiger partial charge is 0.252 e. The lowest BCUT2D eigenvalue weighted by atomic mass is 9.33. The fourth-order valence-electron chi connectivity index (χ4n) is 14.5. The average molecular weight is 1030 g/mol. The third kappa shape index (κ3) is 7.71. The van der Waals surface area contributed by atoms with Gasteiger partial charge in [-0.05, 0) is 193 Å². The third-order valence-electron chi connectivity index (χ3n) is 18.7. The van der Waals surface area contributed by atoms with Crippen molar-refractivity contribution < 1.29 is 0 Å². The number of hydrogen-bond acceptors (Lipinski definition) is 4. The zero-order valence-electron chi connectivity index (χ0n) is 48.4. The Morgan fingerprint density at radius 3 is 1.60 bits per heavy atom. The molecule has 13 rings (SSSR count). The zero-order valence-corrected chi connectivity index (χ0v) is 49.2. The van der Waals surface area contributed by atoms with Crippen molar-refractivity contribution in [2.45, 2.75) is 156 Å². The summed E-state index contributed by atoms with van der Waals surface area (Å²) >= 11 is 1.93. The molecule has 8 aromatic carbocycles. The number of para-hydroxylation sites is 2. The molecule has 0 amide bonds.